The van der Waals surface area contributed by atoms with Crippen molar-refractivity contribution in [3.05, 3.63) is 82.6 Å². The van der Waals surface area contributed by atoms with Crippen LogP contribution >= 0.6 is 0 Å². The minimum absolute atomic E-state index is 0.273. The molecule has 2 N–H and O–H groups in total. The SMILES string of the molecule is COc1ccc(C(=O)N/N=C2\CCCc3oc(C(=O)NCc4cccnc4)c(C)c32)cc1. The number of nitrogens with one attached hydrogen (secondary N) is 2. The van der Waals surface area contributed by atoms with Gasteiger partial charge in [-0.2, -0.15) is 5.10 Å². The molecular weight excluding hydrogens is 408 g/mol. The summed E-state index contributed by atoms with van der Waals surface area (Å²) in [5.74, 6) is 1.06. The molecule has 1 aliphatic rings. The Balaban J connectivity index is 1.49. The number of nitrogens with zero attached hydrogens (tertiary/aromatic N) is 2. The fourth-order valence-corrected chi connectivity index (χ4v) is 3.69. The number of benzene rings is 1. The molecule has 3 aromatic rings. The molecule has 2 amide bonds. The van der Waals surface area contributed by atoms with Crippen molar-refractivity contribution in [2.75, 3.05) is 7.11 Å². The van der Waals surface area contributed by atoms with Crippen LogP contribution in [0.4, 0.5) is 0 Å². The molecule has 0 unspecified atom stereocenters. The van der Waals surface area contributed by atoms with Crippen LogP contribution in [-0.4, -0.2) is 29.6 Å². The van der Waals surface area contributed by atoms with E-state index in [1.807, 2.05) is 19.1 Å². The van der Waals surface area contributed by atoms with E-state index in [0.29, 0.717) is 30.0 Å². The number of ether oxygens (including phenoxy) is 1. The second-order valence-corrected chi connectivity index (χ2v) is 7.48. The quantitative estimate of drug-likeness (QED) is 0.581. The van der Waals surface area contributed by atoms with Crippen molar-refractivity contribution in [1.82, 2.24) is 15.7 Å². The van der Waals surface area contributed by atoms with Gasteiger partial charge in [-0.3, -0.25) is 14.6 Å². The largest absolute Gasteiger partial charge is 0.497 e. The molecule has 0 bridgehead atoms. The zero-order valence-corrected chi connectivity index (χ0v) is 18.0. The number of carbonyl (C=O) groups excluding carboxylic acids is 2. The van der Waals surface area contributed by atoms with Crippen molar-refractivity contribution in [3.63, 3.8) is 0 Å². The van der Waals surface area contributed by atoms with E-state index < -0.39 is 0 Å². The number of carbonyl (C=O) groups is 2. The van der Waals surface area contributed by atoms with Crippen LogP contribution in [0.5, 0.6) is 5.75 Å². The number of rotatable bonds is 6. The summed E-state index contributed by atoms with van der Waals surface area (Å²) in [6, 6.07) is 10.5. The number of amides is 2. The molecule has 2 heterocycles. The van der Waals surface area contributed by atoms with E-state index in [1.54, 1.807) is 43.8 Å². The third-order valence-corrected chi connectivity index (χ3v) is 5.35. The maximum Gasteiger partial charge on any atom is 0.287 e. The summed E-state index contributed by atoms with van der Waals surface area (Å²) in [5.41, 5.74) is 6.23. The van der Waals surface area contributed by atoms with E-state index in [2.05, 4.69) is 20.8 Å². The Bertz CT molecular complexity index is 1150. The van der Waals surface area contributed by atoms with Crippen LogP contribution in [0.25, 0.3) is 0 Å². The summed E-state index contributed by atoms with van der Waals surface area (Å²) in [4.78, 5) is 29.2. The molecule has 4 rings (SSSR count). The fraction of sp³-hybridized carbons (Fsp3) is 0.250. The molecule has 0 saturated carbocycles. The van der Waals surface area contributed by atoms with Crippen LogP contribution in [0.15, 0.2) is 58.3 Å². The summed E-state index contributed by atoms with van der Waals surface area (Å²) in [6.45, 7) is 2.20. The average Bonchev–Trinajstić information content (AvgIpc) is 3.19. The van der Waals surface area contributed by atoms with Gasteiger partial charge >= 0.3 is 0 Å². The van der Waals surface area contributed by atoms with Crippen molar-refractivity contribution in [2.45, 2.75) is 32.7 Å². The predicted molar refractivity (Wildman–Crippen MR) is 119 cm³/mol. The second kappa shape index (κ2) is 9.47. The first-order valence-electron chi connectivity index (χ1n) is 10.4. The van der Waals surface area contributed by atoms with E-state index in [4.69, 9.17) is 9.15 Å². The lowest BCUT2D eigenvalue weighted by atomic mass is 9.93. The van der Waals surface area contributed by atoms with Crippen LogP contribution in [-0.2, 0) is 13.0 Å². The monoisotopic (exact) mass is 432 g/mol. The van der Waals surface area contributed by atoms with Crippen LogP contribution in [0.1, 0.15) is 56.2 Å². The highest BCUT2D eigenvalue weighted by Crippen LogP contribution is 2.30. The average molecular weight is 432 g/mol. The first kappa shape index (κ1) is 21.3. The molecule has 8 nitrogen and oxygen atoms in total. The van der Waals surface area contributed by atoms with Crippen LogP contribution in [0.3, 0.4) is 0 Å². The van der Waals surface area contributed by atoms with E-state index in [0.717, 1.165) is 35.3 Å². The van der Waals surface area contributed by atoms with Crippen molar-refractivity contribution in [2.24, 2.45) is 5.10 Å². The maximum absolute atomic E-state index is 12.7. The number of aryl methyl sites for hydroxylation is 1. The maximum atomic E-state index is 12.7. The Morgan fingerprint density at radius 1 is 1.16 bits per heavy atom. The number of furan rings is 1. The number of fused-ring (bicyclic) bond motifs is 1. The van der Waals surface area contributed by atoms with E-state index in [-0.39, 0.29) is 17.6 Å². The number of hydrogen-bond acceptors (Lipinski definition) is 6. The Morgan fingerprint density at radius 2 is 1.97 bits per heavy atom. The summed E-state index contributed by atoms with van der Waals surface area (Å²) in [7, 11) is 1.57. The van der Waals surface area contributed by atoms with Gasteiger partial charge in [0.1, 0.15) is 11.5 Å². The molecule has 2 aromatic heterocycles. The lowest BCUT2D eigenvalue weighted by Gasteiger charge is -2.13. The zero-order valence-electron chi connectivity index (χ0n) is 18.0. The molecule has 1 aliphatic carbocycles. The Labute approximate surface area is 185 Å². The molecule has 32 heavy (non-hydrogen) atoms. The summed E-state index contributed by atoms with van der Waals surface area (Å²) >= 11 is 0. The number of hydrogen-bond donors (Lipinski definition) is 2. The second-order valence-electron chi connectivity index (χ2n) is 7.48. The van der Waals surface area contributed by atoms with Gasteiger partial charge in [-0.1, -0.05) is 6.07 Å². The Hall–Kier alpha value is -3.94. The minimum atomic E-state index is -0.317. The molecular formula is C24H24N4O4. The molecule has 0 radical (unpaired) electrons. The molecule has 8 heteroatoms. The predicted octanol–water partition coefficient (Wildman–Crippen LogP) is 3.39. The van der Waals surface area contributed by atoms with Gasteiger partial charge in [0.2, 0.25) is 0 Å². The van der Waals surface area contributed by atoms with Crippen molar-refractivity contribution in [1.29, 1.82) is 0 Å². The van der Waals surface area contributed by atoms with E-state index in [9.17, 15) is 9.59 Å². The third-order valence-electron chi connectivity index (χ3n) is 5.35. The lowest BCUT2D eigenvalue weighted by molar-refractivity contribution is 0.0919. The van der Waals surface area contributed by atoms with Crippen LogP contribution in [0.2, 0.25) is 0 Å². The topological polar surface area (TPSA) is 106 Å². The van der Waals surface area contributed by atoms with Crippen molar-refractivity contribution >= 4 is 17.5 Å². The first-order chi connectivity index (χ1) is 15.6. The highest BCUT2D eigenvalue weighted by Gasteiger charge is 2.28. The summed E-state index contributed by atoms with van der Waals surface area (Å²) in [5, 5.41) is 7.22. The summed E-state index contributed by atoms with van der Waals surface area (Å²) in [6.07, 6.45) is 5.62. The Morgan fingerprint density at radius 3 is 2.69 bits per heavy atom. The first-order valence-corrected chi connectivity index (χ1v) is 10.4. The number of methoxy groups -OCH3 is 1. The molecule has 0 spiro atoms. The molecule has 164 valence electrons. The van der Waals surface area contributed by atoms with E-state index in [1.165, 1.54) is 0 Å². The molecule has 0 fully saturated rings. The zero-order chi connectivity index (χ0) is 22.5. The Kier molecular flexibility index (Phi) is 6.30. The van der Waals surface area contributed by atoms with Gasteiger partial charge in [-0.15, -0.1) is 0 Å². The standard InChI is InChI=1S/C24H24N4O4/c1-15-21-19(27-28-23(29)17-8-10-18(31-2)11-9-17)6-3-7-20(21)32-22(15)24(30)26-14-16-5-4-12-25-13-16/h4-5,8-13H,3,6-7,14H2,1-2H3,(H,26,30)(H,28,29)/b27-19+. The van der Waals surface area contributed by atoms with Gasteiger partial charge in [0, 0.05) is 42.0 Å². The van der Waals surface area contributed by atoms with Gasteiger partial charge in [0.05, 0.1) is 12.8 Å². The molecule has 0 aliphatic heterocycles. The molecule has 1 aromatic carbocycles. The van der Waals surface area contributed by atoms with Gasteiger partial charge < -0.3 is 14.5 Å². The van der Waals surface area contributed by atoms with Crippen LogP contribution in [0, 0.1) is 6.92 Å². The number of hydrazone groups is 1. The van der Waals surface area contributed by atoms with Gasteiger partial charge in [-0.05, 0) is 55.7 Å². The van der Waals surface area contributed by atoms with Gasteiger partial charge in [0.25, 0.3) is 11.8 Å². The smallest absolute Gasteiger partial charge is 0.287 e. The van der Waals surface area contributed by atoms with E-state index >= 15 is 0 Å². The summed E-state index contributed by atoms with van der Waals surface area (Å²) < 4.78 is 11.0. The van der Waals surface area contributed by atoms with Crippen LogP contribution < -0.4 is 15.5 Å². The lowest BCUT2D eigenvalue weighted by Crippen LogP contribution is -2.23. The number of pyridine rings is 1. The molecule has 0 saturated heterocycles. The normalized spacial score (nSPS) is 14.0. The minimum Gasteiger partial charge on any atom is -0.497 e. The molecule has 0 atom stereocenters. The third kappa shape index (κ3) is 4.54. The highest BCUT2D eigenvalue weighted by atomic mass is 16.5. The van der Waals surface area contributed by atoms with Gasteiger partial charge in [-0.25, -0.2) is 5.43 Å². The highest BCUT2D eigenvalue weighted by molar-refractivity contribution is 6.07. The number of aromatic nitrogens is 1. The van der Waals surface area contributed by atoms with Crippen molar-refractivity contribution in [3.8, 4) is 5.75 Å². The fourth-order valence-electron chi connectivity index (χ4n) is 3.69. The van der Waals surface area contributed by atoms with Gasteiger partial charge in [0.15, 0.2) is 5.76 Å². The van der Waals surface area contributed by atoms with Crippen molar-refractivity contribution < 1.29 is 18.7 Å².